The lowest BCUT2D eigenvalue weighted by Gasteiger charge is -2.17. The highest BCUT2D eigenvalue weighted by Gasteiger charge is 2.10. The molecule has 0 bridgehead atoms. The Morgan fingerprint density at radius 2 is 2.00 bits per heavy atom. The number of nitrogens with zero attached hydrogens (tertiary/aromatic N) is 3. The minimum absolute atomic E-state index is 0.155. The molecule has 0 aliphatic carbocycles. The lowest BCUT2D eigenvalue weighted by atomic mass is 10.1. The quantitative estimate of drug-likeness (QED) is 0.557. The molecular formula is C13H13N3O2. The van der Waals surface area contributed by atoms with E-state index in [0.717, 1.165) is 11.8 Å². The Kier molecular flexibility index (Phi) is 5.37. The molecule has 5 heteroatoms. The Morgan fingerprint density at radius 1 is 1.33 bits per heavy atom. The summed E-state index contributed by atoms with van der Waals surface area (Å²) in [5.41, 5.74) is 1.33. The maximum Gasteiger partial charge on any atom is 0.150 e. The first kappa shape index (κ1) is 13.7. The molecule has 0 fully saturated rings. The van der Waals surface area contributed by atoms with E-state index in [2.05, 4.69) is 0 Å². The van der Waals surface area contributed by atoms with Crippen LogP contribution in [0.3, 0.4) is 0 Å². The first-order valence-electron chi connectivity index (χ1n) is 5.33. The van der Waals surface area contributed by atoms with Gasteiger partial charge >= 0.3 is 0 Å². The number of carbonyl (C=O) groups is 1. The first-order valence-corrected chi connectivity index (χ1v) is 5.33. The molecule has 0 atom stereocenters. The summed E-state index contributed by atoms with van der Waals surface area (Å²) < 4.78 is 5.19. The van der Waals surface area contributed by atoms with Gasteiger partial charge in [-0.1, -0.05) is 0 Å². The summed E-state index contributed by atoms with van der Waals surface area (Å²) in [7, 11) is 1.54. The van der Waals surface area contributed by atoms with Crippen molar-refractivity contribution in [3.8, 4) is 17.9 Å². The molecule has 5 nitrogen and oxygen atoms in total. The van der Waals surface area contributed by atoms with Crippen molar-refractivity contribution >= 4 is 6.29 Å². The lowest BCUT2D eigenvalue weighted by molar-refractivity contribution is 0.112. The van der Waals surface area contributed by atoms with E-state index < -0.39 is 0 Å². The van der Waals surface area contributed by atoms with E-state index in [9.17, 15) is 4.79 Å². The van der Waals surface area contributed by atoms with Crippen LogP contribution in [-0.4, -0.2) is 31.4 Å². The van der Waals surface area contributed by atoms with Crippen LogP contribution in [0.5, 0.6) is 5.75 Å². The van der Waals surface area contributed by atoms with Crippen LogP contribution in [0, 0.1) is 22.7 Å². The molecule has 0 saturated heterocycles. The Hall–Kier alpha value is -2.37. The minimum atomic E-state index is 0.155. The fourth-order valence-corrected chi connectivity index (χ4v) is 1.60. The molecule has 0 heterocycles. The van der Waals surface area contributed by atoms with E-state index >= 15 is 0 Å². The van der Waals surface area contributed by atoms with Gasteiger partial charge in [-0.2, -0.15) is 10.5 Å². The molecule has 0 amide bonds. The molecular weight excluding hydrogens is 230 g/mol. The molecule has 0 radical (unpaired) electrons. The summed E-state index contributed by atoms with van der Waals surface area (Å²) in [5, 5.41) is 17.4. The zero-order chi connectivity index (χ0) is 13.4. The van der Waals surface area contributed by atoms with E-state index in [0.29, 0.717) is 17.9 Å². The van der Waals surface area contributed by atoms with Gasteiger partial charge in [-0.3, -0.25) is 9.69 Å². The van der Waals surface area contributed by atoms with Gasteiger partial charge in [-0.15, -0.1) is 0 Å². The van der Waals surface area contributed by atoms with E-state index in [-0.39, 0.29) is 13.1 Å². The normalized spacial score (nSPS) is 9.56. The number of aldehydes is 1. The number of methoxy groups -OCH3 is 1. The summed E-state index contributed by atoms with van der Waals surface area (Å²) in [6.07, 6.45) is 0.752. The number of nitriles is 2. The SMILES string of the molecule is COc1ccc(C=O)cc1CN(CC#N)CC#N. The number of hydrogen-bond donors (Lipinski definition) is 0. The van der Waals surface area contributed by atoms with Gasteiger partial charge in [-0.05, 0) is 18.2 Å². The Morgan fingerprint density at radius 3 is 2.50 bits per heavy atom. The van der Waals surface area contributed by atoms with Gasteiger partial charge in [0.25, 0.3) is 0 Å². The molecule has 1 aromatic carbocycles. The van der Waals surface area contributed by atoms with Crippen molar-refractivity contribution in [3.05, 3.63) is 29.3 Å². The van der Waals surface area contributed by atoms with Crippen molar-refractivity contribution in [2.75, 3.05) is 20.2 Å². The fourth-order valence-electron chi connectivity index (χ4n) is 1.60. The largest absolute Gasteiger partial charge is 0.496 e. The number of ether oxygens (including phenoxy) is 1. The zero-order valence-electron chi connectivity index (χ0n) is 10.1. The van der Waals surface area contributed by atoms with E-state index in [1.165, 1.54) is 0 Å². The van der Waals surface area contributed by atoms with Crippen molar-refractivity contribution < 1.29 is 9.53 Å². The van der Waals surface area contributed by atoms with Crippen LogP contribution in [0.25, 0.3) is 0 Å². The molecule has 0 aliphatic heterocycles. The summed E-state index contributed by atoms with van der Waals surface area (Å²) in [4.78, 5) is 12.4. The van der Waals surface area contributed by atoms with Crippen molar-refractivity contribution in [1.29, 1.82) is 10.5 Å². The van der Waals surface area contributed by atoms with Crippen molar-refractivity contribution in [3.63, 3.8) is 0 Å². The second kappa shape index (κ2) is 7.05. The van der Waals surface area contributed by atoms with Gasteiger partial charge in [0.1, 0.15) is 12.0 Å². The van der Waals surface area contributed by atoms with E-state index in [4.69, 9.17) is 15.3 Å². The molecule has 18 heavy (non-hydrogen) atoms. The smallest absolute Gasteiger partial charge is 0.150 e. The molecule has 92 valence electrons. The van der Waals surface area contributed by atoms with Gasteiger partial charge in [0.15, 0.2) is 0 Å². The van der Waals surface area contributed by atoms with Crippen LogP contribution in [0.1, 0.15) is 15.9 Å². The Balaban J connectivity index is 2.96. The topological polar surface area (TPSA) is 77.1 Å². The predicted molar refractivity (Wildman–Crippen MR) is 64.9 cm³/mol. The first-order chi connectivity index (χ1) is 8.74. The maximum atomic E-state index is 10.7. The van der Waals surface area contributed by atoms with Gasteiger partial charge in [-0.25, -0.2) is 0 Å². The van der Waals surface area contributed by atoms with Gasteiger partial charge in [0.2, 0.25) is 0 Å². The van der Waals surface area contributed by atoms with Crippen LogP contribution in [-0.2, 0) is 6.54 Å². The van der Waals surface area contributed by atoms with Gasteiger partial charge < -0.3 is 4.74 Å². The summed E-state index contributed by atoms with van der Waals surface area (Å²) >= 11 is 0. The molecule has 0 aromatic heterocycles. The Labute approximate surface area is 106 Å². The average Bonchev–Trinajstić information content (AvgIpc) is 2.39. The second-order valence-electron chi connectivity index (χ2n) is 3.65. The highest BCUT2D eigenvalue weighted by atomic mass is 16.5. The van der Waals surface area contributed by atoms with Crippen LogP contribution in [0.4, 0.5) is 0 Å². The predicted octanol–water partition coefficient (Wildman–Crippen LogP) is 1.36. The zero-order valence-corrected chi connectivity index (χ0v) is 10.1. The van der Waals surface area contributed by atoms with Gasteiger partial charge in [0, 0.05) is 17.7 Å². The fraction of sp³-hybridized carbons (Fsp3) is 0.308. The highest BCUT2D eigenvalue weighted by molar-refractivity contribution is 5.75. The number of benzene rings is 1. The van der Waals surface area contributed by atoms with Crippen LogP contribution in [0.2, 0.25) is 0 Å². The third-order valence-electron chi connectivity index (χ3n) is 2.42. The van der Waals surface area contributed by atoms with E-state index in [1.807, 2.05) is 12.1 Å². The van der Waals surface area contributed by atoms with Crippen LogP contribution in [0.15, 0.2) is 18.2 Å². The van der Waals surface area contributed by atoms with Crippen LogP contribution >= 0.6 is 0 Å². The molecule has 0 saturated carbocycles. The van der Waals surface area contributed by atoms with E-state index in [1.54, 1.807) is 30.2 Å². The molecule has 0 spiro atoms. The number of hydrogen-bond acceptors (Lipinski definition) is 5. The van der Waals surface area contributed by atoms with Crippen molar-refractivity contribution in [1.82, 2.24) is 4.90 Å². The standard InChI is InChI=1S/C13H13N3O2/c1-18-13-3-2-11(10-17)8-12(13)9-16(6-4-14)7-5-15/h2-3,8,10H,6-7,9H2,1H3. The van der Waals surface area contributed by atoms with Gasteiger partial charge in [0.05, 0.1) is 32.3 Å². The summed E-state index contributed by atoms with van der Waals surface area (Å²) in [6.45, 7) is 0.704. The molecule has 1 rings (SSSR count). The molecule has 0 aliphatic rings. The number of carbonyl (C=O) groups excluding carboxylic acids is 1. The summed E-state index contributed by atoms with van der Waals surface area (Å²) in [5.74, 6) is 0.640. The number of rotatable bonds is 6. The molecule has 0 unspecified atom stereocenters. The monoisotopic (exact) mass is 243 g/mol. The van der Waals surface area contributed by atoms with Crippen molar-refractivity contribution in [2.45, 2.75) is 6.54 Å². The third kappa shape index (κ3) is 3.58. The highest BCUT2D eigenvalue weighted by Crippen LogP contribution is 2.20. The average molecular weight is 243 g/mol. The lowest BCUT2D eigenvalue weighted by Crippen LogP contribution is -2.24. The van der Waals surface area contributed by atoms with Crippen molar-refractivity contribution in [2.24, 2.45) is 0 Å². The summed E-state index contributed by atoms with van der Waals surface area (Å²) in [6, 6.07) is 9.07. The third-order valence-corrected chi connectivity index (χ3v) is 2.42. The Bertz CT molecular complexity index is 484. The minimum Gasteiger partial charge on any atom is -0.496 e. The maximum absolute atomic E-state index is 10.7. The molecule has 1 aromatic rings. The second-order valence-corrected chi connectivity index (χ2v) is 3.65. The molecule has 0 N–H and O–H groups in total. The van der Waals surface area contributed by atoms with Crippen LogP contribution < -0.4 is 4.74 Å².